The number of benzene rings is 2. The van der Waals surface area contributed by atoms with Crippen LogP contribution < -0.4 is 9.61 Å². The molecule has 7 heteroatoms. The molecule has 2 aromatic rings. The van der Waals surface area contributed by atoms with Gasteiger partial charge in [-0.3, -0.25) is 4.79 Å². The summed E-state index contributed by atoms with van der Waals surface area (Å²) in [6.45, 7) is 3.88. The molecule has 0 bridgehead atoms. The zero-order chi connectivity index (χ0) is 18.7. The van der Waals surface area contributed by atoms with Gasteiger partial charge in [0.2, 0.25) is 0 Å². The summed E-state index contributed by atoms with van der Waals surface area (Å²) in [5, 5.41) is 4.26. The van der Waals surface area contributed by atoms with Gasteiger partial charge in [0.05, 0.1) is 6.61 Å². The molecule has 0 aliphatic heterocycles. The van der Waals surface area contributed by atoms with E-state index in [0.29, 0.717) is 5.75 Å². The molecule has 0 heterocycles. The summed E-state index contributed by atoms with van der Waals surface area (Å²) >= 11 is 6.01. The van der Waals surface area contributed by atoms with Gasteiger partial charge in [0, 0.05) is 16.6 Å². The highest BCUT2D eigenvalue weighted by atomic mass is 35.7. The topological polar surface area (TPSA) is 64.6 Å². The molecule has 5 nitrogen and oxygen atoms in total. The second kappa shape index (κ2) is 7.77. The van der Waals surface area contributed by atoms with E-state index in [1.54, 1.807) is 12.1 Å². The first-order valence-corrected chi connectivity index (χ1v) is 10.5. The van der Waals surface area contributed by atoms with Crippen LogP contribution in [0.2, 0.25) is 0 Å². The highest BCUT2D eigenvalue weighted by Gasteiger charge is 2.29. The summed E-state index contributed by atoms with van der Waals surface area (Å²) in [4.78, 5) is 12.0. The number of nitrogens with one attached hydrogen (secondary N) is 1. The van der Waals surface area contributed by atoms with E-state index in [4.69, 9.17) is 20.5 Å². The minimum absolute atomic E-state index is 0.153. The van der Waals surface area contributed by atoms with Gasteiger partial charge < -0.3 is 9.26 Å². The summed E-state index contributed by atoms with van der Waals surface area (Å²) < 4.78 is 23.2. The Morgan fingerprint density at radius 2 is 1.84 bits per heavy atom. The Morgan fingerprint density at radius 3 is 2.52 bits per heavy atom. The smallest absolute Gasteiger partial charge is 0.409 e. The van der Waals surface area contributed by atoms with Crippen LogP contribution in [-0.4, -0.2) is 18.6 Å². The third-order valence-corrected chi connectivity index (χ3v) is 4.94. The molecule has 0 aliphatic rings. The van der Waals surface area contributed by atoms with Crippen molar-refractivity contribution < 1.29 is 18.6 Å². The molecule has 0 amide bonds. The van der Waals surface area contributed by atoms with Gasteiger partial charge in [-0.15, -0.1) is 0 Å². The van der Waals surface area contributed by atoms with Crippen LogP contribution in [0.1, 0.15) is 27.7 Å². The molecule has 2 rings (SSSR count). The van der Waals surface area contributed by atoms with E-state index in [2.05, 4.69) is 5.09 Å². The largest absolute Gasteiger partial charge is 0.464 e. The van der Waals surface area contributed by atoms with Crippen molar-refractivity contribution in [2.75, 3.05) is 6.61 Å². The third-order valence-electron chi connectivity index (χ3n) is 3.31. The quantitative estimate of drug-likeness (QED) is 0.553. The van der Waals surface area contributed by atoms with Crippen LogP contribution in [0.25, 0.3) is 10.8 Å². The number of carbonyl (C=O) groups is 1. The Bertz CT molecular complexity index is 798. The van der Waals surface area contributed by atoms with Crippen molar-refractivity contribution in [1.82, 2.24) is 5.09 Å². The Kier molecular flexibility index (Phi) is 6.15. The Hall–Kier alpha value is -1.55. The summed E-state index contributed by atoms with van der Waals surface area (Å²) in [7, 11) is 0. The third kappa shape index (κ3) is 6.03. The van der Waals surface area contributed by atoms with Gasteiger partial charge in [0.15, 0.2) is 0 Å². The predicted molar refractivity (Wildman–Crippen MR) is 101 cm³/mol. The zero-order valence-corrected chi connectivity index (χ0v) is 16.4. The molecule has 0 aliphatic carbocycles. The van der Waals surface area contributed by atoms with E-state index < -0.39 is 18.9 Å². The van der Waals surface area contributed by atoms with Crippen LogP contribution in [0.4, 0.5) is 0 Å². The van der Waals surface area contributed by atoms with Crippen molar-refractivity contribution >= 4 is 34.9 Å². The van der Waals surface area contributed by atoms with Crippen LogP contribution >= 0.6 is 18.1 Å². The van der Waals surface area contributed by atoms with Gasteiger partial charge >= 0.3 is 12.8 Å². The molecule has 0 fully saturated rings. The molecule has 0 aromatic heterocycles. The zero-order valence-electron chi connectivity index (χ0n) is 14.8. The second-order valence-corrected chi connectivity index (χ2v) is 9.80. The van der Waals surface area contributed by atoms with E-state index in [1.165, 1.54) is 6.92 Å². The molecule has 25 heavy (non-hydrogen) atoms. The minimum Gasteiger partial charge on any atom is -0.464 e. The molecule has 1 N–H and O–H groups in total. The van der Waals surface area contributed by atoms with E-state index in [9.17, 15) is 9.36 Å². The van der Waals surface area contributed by atoms with Crippen molar-refractivity contribution in [3.05, 3.63) is 42.5 Å². The average molecular weight is 384 g/mol. The molecule has 1 unspecified atom stereocenters. The fourth-order valence-corrected chi connectivity index (χ4v) is 3.82. The van der Waals surface area contributed by atoms with Gasteiger partial charge in [-0.25, -0.2) is 9.65 Å². The van der Waals surface area contributed by atoms with Crippen LogP contribution in [0, 0.1) is 5.41 Å². The first kappa shape index (κ1) is 19.8. The molecule has 0 spiro atoms. The number of halogens is 1. The van der Waals surface area contributed by atoms with Crippen molar-refractivity contribution in [3.63, 3.8) is 0 Å². The van der Waals surface area contributed by atoms with Crippen molar-refractivity contribution in [1.29, 1.82) is 0 Å². The number of carbonyl (C=O) groups excluding carboxylic acids is 1. The maximum Gasteiger partial charge on any atom is 0.409 e. The van der Waals surface area contributed by atoms with Crippen molar-refractivity contribution in [3.8, 4) is 5.75 Å². The molecule has 136 valence electrons. The molecule has 0 radical (unpaired) electrons. The van der Waals surface area contributed by atoms with Gasteiger partial charge in [0.25, 0.3) is 0 Å². The molecular weight excluding hydrogens is 361 g/mol. The van der Waals surface area contributed by atoms with Crippen LogP contribution in [0.15, 0.2) is 42.5 Å². The first-order valence-electron chi connectivity index (χ1n) is 7.99. The minimum atomic E-state index is -3.77. The molecule has 2 atom stereocenters. The molecule has 2 aromatic carbocycles. The predicted octanol–water partition coefficient (Wildman–Crippen LogP) is 5.13. The summed E-state index contributed by atoms with van der Waals surface area (Å²) in [6.07, 6.45) is 0. The van der Waals surface area contributed by atoms with E-state index in [-0.39, 0.29) is 12.0 Å². The number of hydrogen-bond donors (Lipinski definition) is 1. The summed E-state index contributed by atoms with van der Waals surface area (Å²) in [6, 6.07) is 12.1. The first-order chi connectivity index (χ1) is 11.6. The normalized spacial score (nSPS) is 15.4. The lowest BCUT2D eigenvalue weighted by molar-refractivity contribution is -0.147. The van der Waals surface area contributed by atoms with E-state index in [1.807, 2.05) is 51.1 Å². The molecular formula is C18H23ClNO4P. The average Bonchev–Trinajstić information content (AvgIpc) is 2.51. The number of fused-ring (bicyclic) bond motifs is 1. The molecule has 0 saturated heterocycles. The van der Waals surface area contributed by atoms with Crippen molar-refractivity contribution in [2.45, 2.75) is 33.7 Å². The number of rotatable bonds is 6. The lowest BCUT2D eigenvalue weighted by Crippen LogP contribution is -2.34. The fourth-order valence-electron chi connectivity index (χ4n) is 2.12. The van der Waals surface area contributed by atoms with Crippen LogP contribution in [0.3, 0.4) is 0 Å². The van der Waals surface area contributed by atoms with Gasteiger partial charge in [-0.2, -0.15) is 0 Å². The fraction of sp³-hybridized carbons (Fsp3) is 0.389. The standard InChI is InChI=1S/C18H23ClNO4P/c1-13(17(21)23-12-18(2,3)4)20-25(19,22)24-16-11-7-9-14-8-5-6-10-15(14)16/h5-11,13H,12H2,1-4H3,(H,20,22)/t13-,25?/m1/s1. The van der Waals surface area contributed by atoms with Crippen molar-refractivity contribution in [2.24, 2.45) is 5.41 Å². The number of esters is 1. The highest BCUT2D eigenvalue weighted by Crippen LogP contribution is 2.50. The number of ether oxygens (including phenoxy) is 1. The second-order valence-electron chi connectivity index (χ2n) is 7.07. The summed E-state index contributed by atoms with van der Waals surface area (Å²) in [5.74, 6) is -0.142. The lowest BCUT2D eigenvalue weighted by Gasteiger charge is -2.22. The Labute approximate surface area is 152 Å². The van der Waals surface area contributed by atoms with E-state index >= 15 is 0 Å². The lowest BCUT2D eigenvalue weighted by atomic mass is 9.99. The van der Waals surface area contributed by atoms with Crippen LogP contribution in [-0.2, 0) is 14.1 Å². The Morgan fingerprint density at radius 1 is 1.20 bits per heavy atom. The highest BCUT2D eigenvalue weighted by molar-refractivity contribution is 7.84. The van der Waals surface area contributed by atoms with Crippen LogP contribution in [0.5, 0.6) is 5.75 Å². The molecule has 0 saturated carbocycles. The monoisotopic (exact) mass is 383 g/mol. The summed E-state index contributed by atoms with van der Waals surface area (Å²) in [5.41, 5.74) is -0.153. The number of hydrogen-bond acceptors (Lipinski definition) is 4. The Balaban J connectivity index is 2.06. The maximum absolute atomic E-state index is 12.6. The van der Waals surface area contributed by atoms with Gasteiger partial charge in [-0.05, 0) is 23.8 Å². The van der Waals surface area contributed by atoms with Gasteiger partial charge in [0.1, 0.15) is 11.8 Å². The van der Waals surface area contributed by atoms with Gasteiger partial charge in [-0.1, -0.05) is 57.2 Å². The maximum atomic E-state index is 12.6. The SMILES string of the molecule is C[C@@H](NP(=O)(Cl)Oc1cccc2ccccc12)C(=O)OCC(C)(C)C. The van der Waals surface area contributed by atoms with E-state index in [0.717, 1.165) is 10.8 Å².